The minimum Gasteiger partial charge on any atom is -0.0601 e. The molecule has 11 heavy (non-hydrogen) atoms. The highest BCUT2D eigenvalue weighted by molar-refractivity contribution is 14.1. The minimum absolute atomic E-state index is 1.01. The lowest BCUT2D eigenvalue weighted by Gasteiger charge is -2.04. The van der Waals surface area contributed by atoms with E-state index in [1.165, 1.54) is 13.6 Å². The average molecular weight is 338 g/mol. The molecule has 0 aromatic heterocycles. The number of hydrogen-bond acceptors (Lipinski definition) is 0. The first-order valence-corrected chi connectivity index (χ1v) is 5.91. The van der Waals surface area contributed by atoms with Crippen molar-refractivity contribution in [1.29, 1.82) is 0 Å². The topological polar surface area (TPSA) is 0 Å². The molecule has 0 aliphatic carbocycles. The second kappa shape index (κ2) is 4.62. The molecule has 3 heteroatoms. The van der Waals surface area contributed by atoms with Gasteiger partial charge in [0, 0.05) is 18.3 Å². The first kappa shape index (κ1) is 9.73. The van der Waals surface area contributed by atoms with Gasteiger partial charge in [-0.15, -0.1) is 0 Å². The number of hydrogen-bond donors (Lipinski definition) is 0. The molecule has 0 unspecified atom stereocenters. The quantitative estimate of drug-likeness (QED) is 0.574. The second-order valence-electron chi connectivity index (χ2n) is 2.20. The van der Waals surface area contributed by atoms with Gasteiger partial charge in [0.15, 0.2) is 0 Å². The van der Waals surface area contributed by atoms with Crippen LogP contribution in [0.5, 0.6) is 0 Å². The van der Waals surface area contributed by atoms with Gasteiger partial charge in [0.2, 0.25) is 0 Å². The molecule has 1 rings (SSSR count). The number of rotatable bonds is 2. The van der Waals surface area contributed by atoms with E-state index in [4.69, 9.17) is 0 Å². The Labute approximate surface area is 92.5 Å². The molecule has 0 aliphatic rings. The molecule has 3 radical (unpaired) electrons. The average Bonchev–Trinajstić information content (AvgIpc) is 1.97. The Kier molecular flexibility index (Phi) is 4.09. The standard InChI is InChI=1S/C8H7BrISi/c9-7-2-1-3-8(10)6(7)4-5-11/h1-3H,4-5H2. The van der Waals surface area contributed by atoms with Crippen LogP contribution in [0.15, 0.2) is 22.7 Å². The van der Waals surface area contributed by atoms with Crippen LogP contribution in [0.2, 0.25) is 6.04 Å². The molecule has 57 valence electrons. The predicted molar refractivity (Wildman–Crippen MR) is 61.1 cm³/mol. The summed E-state index contributed by atoms with van der Waals surface area (Å²) in [5.74, 6) is 0. The third kappa shape index (κ3) is 2.56. The van der Waals surface area contributed by atoms with E-state index < -0.39 is 0 Å². The van der Waals surface area contributed by atoms with Crippen LogP contribution in [0.3, 0.4) is 0 Å². The monoisotopic (exact) mass is 337 g/mol. The zero-order chi connectivity index (χ0) is 8.27. The van der Waals surface area contributed by atoms with Gasteiger partial charge in [-0.05, 0) is 46.7 Å². The van der Waals surface area contributed by atoms with Crippen molar-refractivity contribution in [2.24, 2.45) is 0 Å². The van der Waals surface area contributed by atoms with Gasteiger partial charge in [0.1, 0.15) is 0 Å². The van der Waals surface area contributed by atoms with Crippen LogP contribution in [-0.4, -0.2) is 10.2 Å². The third-order valence-electron chi connectivity index (χ3n) is 1.44. The summed E-state index contributed by atoms with van der Waals surface area (Å²) < 4.78 is 2.54. The summed E-state index contributed by atoms with van der Waals surface area (Å²) in [6.45, 7) is 0. The summed E-state index contributed by atoms with van der Waals surface area (Å²) in [4.78, 5) is 0. The van der Waals surface area contributed by atoms with Crippen molar-refractivity contribution in [1.82, 2.24) is 0 Å². The minimum atomic E-state index is 1.01. The van der Waals surface area contributed by atoms with Crippen molar-refractivity contribution in [3.63, 3.8) is 0 Å². The summed E-state index contributed by atoms with van der Waals surface area (Å²) >= 11 is 5.88. The highest BCUT2D eigenvalue weighted by Gasteiger charge is 2.01. The molecular formula is C8H7BrISi. The van der Waals surface area contributed by atoms with Crippen LogP contribution in [0.4, 0.5) is 0 Å². The van der Waals surface area contributed by atoms with Gasteiger partial charge in [-0.25, -0.2) is 0 Å². The SMILES string of the molecule is [Si]CCc1c(Br)cccc1I. The van der Waals surface area contributed by atoms with Crippen LogP contribution in [0, 0.1) is 3.57 Å². The van der Waals surface area contributed by atoms with E-state index >= 15 is 0 Å². The third-order valence-corrected chi connectivity index (χ3v) is 3.44. The number of benzene rings is 1. The largest absolute Gasteiger partial charge is 0.0601 e. The van der Waals surface area contributed by atoms with E-state index in [2.05, 4.69) is 67.0 Å². The maximum absolute atomic E-state index is 3.52. The summed E-state index contributed by atoms with van der Waals surface area (Å²) in [5, 5.41) is 0. The van der Waals surface area contributed by atoms with Crippen LogP contribution < -0.4 is 0 Å². The Bertz CT molecular complexity index is 230. The van der Waals surface area contributed by atoms with Crippen molar-refractivity contribution < 1.29 is 0 Å². The highest BCUT2D eigenvalue weighted by atomic mass is 127. The van der Waals surface area contributed by atoms with E-state index in [1.54, 1.807) is 0 Å². The van der Waals surface area contributed by atoms with Crippen LogP contribution in [-0.2, 0) is 6.42 Å². The van der Waals surface area contributed by atoms with Crippen molar-refractivity contribution in [2.45, 2.75) is 12.5 Å². The van der Waals surface area contributed by atoms with E-state index in [0.717, 1.165) is 12.5 Å². The first-order chi connectivity index (χ1) is 5.25. The molecular weight excluding hydrogens is 331 g/mol. The lowest BCUT2D eigenvalue weighted by molar-refractivity contribution is 1.11. The molecule has 0 bridgehead atoms. The molecule has 0 saturated heterocycles. The lowest BCUT2D eigenvalue weighted by atomic mass is 10.2. The zero-order valence-corrected chi connectivity index (χ0v) is 10.6. The summed E-state index contributed by atoms with van der Waals surface area (Å²) in [5.41, 5.74) is 1.39. The van der Waals surface area contributed by atoms with E-state index in [9.17, 15) is 0 Å². The molecule has 0 heterocycles. The summed E-state index contributed by atoms with van der Waals surface area (Å²) in [6.07, 6.45) is 1.08. The fourth-order valence-corrected chi connectivity index (χ4v) is 2.85. The van der Waals surface area contributed by atoms with Crippen LogP contribution >= 0.6 is 38.5 Å². The van der Waals surface area contributed by atoms with Crippen molar-refractivity contribution >= 4 is 48.8 Å². The molecule has 1 aromatic carbocycles. The fraction of sp³-hybridized carbons (Fsp3) is 0.250. The van der Waals surface area contributed by atoms with E-state index in [-0.39, 0.29) is 0 Å². The van der Waals surface area contributed by atoms with Crippen molar-refractivity contribution in [3.8, 4) is 0 Å². The first-order valence-electron chi connectivity index (χ1n) is 3.33. The van der Waals surface area contributed by atoms with Crippen molar-refractivity contribution in [3.05, 3.63) is 31.8 Å². The molecule has 0 N–H and O–H groups in total. The normalized spacial score (nSPS) is 10.1. The molecule has 0 spiro atoms. The van der Waals surface area contributed by atoms with Gasteiger partial charge in [-0.2, -0.15) is 0 Å². The van der Waals surface area contributed by atoms with Gasteiger partial charge in [-0.3, -0.25) is 0 Å². The predicted octanol–water partition coefficient (Wildman–Crippen LogP) is 3.18. The number of halogens is 2. The second-order valence-corrected chi connectivity index (χ2v) is 4.72. The van der Waals surface area contributed by atoms with Crippen LogP contribution in [0.25, 0.3) is 0 Å². The Morgan fingerprint density at radius 3 is 2.73 bits per heavy atom. The Morgan fingerprint density at radius 1 is 1.45 bits per heavy atom. The molecule has 0 amide bonds. The zero-order valence-electron chi connectivity index (χ0n) is 5.90. The van der Waals surface area contributed by atoms with Crippen LogP contribution in [0.1, 0.15) is 5.56 Å². The lowest BCUT2D eigenvalue weighted by Crippen LogP contribution is -1.89. The van der Waals surface area contributed by atoms with Gasteiger partial charge >= 0.3 is 0 Å². The summed E-state index contributed by atoms with van der Waals surface area (Å²) in [7, 11) is 3.48. The van der Waals surface area contributed by atoms with Gasteiger partial charge in [-0.1, -0.05) is 28.0 Å². The van der Waals surface area contributed by atoms with Gasteiger partial charge in [0.05, 0.1) is 0 Å². The van der Waals surface area contributed by atoms with Gasteiger partial charge in [0.25, 0.3) is 0 Å². The summed E-state index contributed by atoms with van der Waals surface area (Å²) in [6, 6.07) is 7.28. The van der Waals surface area contributed by atoms with E-state index in [1.807, 2.05) is 0 Å². The molecule has 0 saturated carbocycles. The Morgan fingerprint density at radius 2 is 2.18 bits per heavy atom. The molecule has 1 aromatic rings. The fourth-order valence-electron chi connectivity index (χ4n) is 0.896. The Balaban J connectivity index is 3.00. The smallest absolute Gasteiger partial charge is 0.0225 e. The van der Waals surface area contributed by atoms with Crippen molar-refractivity contribution in [2.75, 3.05) is 0 Å². The molecule has 0 fully saturated rings. The molecule has 0 nitrogen and oxygen atoms in total. The Hall–Kier alpha value is 0.647. The van der Waals surface area contributed by atoms with Gasteiger partial charge < -0.3 is 0 Å². The van der Waals surface area contributed by atoms with E-state index in [0.29, 0.717) is 0 Å². The maximum Gasteiger partial charge on any atom is 0.0225 e. The highest BCUT2D eigenvalue weighted by Crippen LogP contribution is 2.23. The maximum atomic E-state index is 3.52. The molecule has 0 aliphatic heterocycles. The molecule has 0 atom stereocenters.